The van der Waals surface area contributed by atoms with Crippen molar-refractivity contribution in [3.8, 4) is 5.75 Å². The molecule has 0 amide bonds. The molecule has 1 aromatic carbocycles. The van der Waals surface area contributed by atoms with Crippen LogP contribution in [0.2, 0.25) is 10.0 Å². The molecule has 2 aromatic heterocycles. The maximum atomic E-state index is 9.70. The normalized spacial score (nSPS) is 13.2. The topological polar surface area (TPSA) is 63.3 Å². The van der Waals surface area contributed by atoms with E-state index in [1.165, 1.54) is 0 Å². The molecule has 0 aliphatic rings. The van der Waals surface area contributed by atoms with Crippen LogP contribution in [0, 0.1) is 6.92 Å². The molecule has 0 spiro atoms. The van der Waals surface area contributed by atoms with E-state index in [1.54, 1.807) is 16.8 Å². The van der Waals surface area contributed by atoms with Crippen LogP contribution in [-0.4, -0.2) is 24.9 Å². The minimum absolute atomic E-state index is 0.120. The van der Waals surface area contributed by atoms with E-state index in [0.29, 0.717) is 11.5 Å². The van der Waals surface area contributed by atoms with Crippen molar-refractivity contribution in [2.45, 2.75) is 33.1 Å². The highest BCUT2D eigenvalue weighted by Gasteiger charge is 2.22. The molecule has 0 bridgehead atoms. The quantitative estimate of drug-likeness (QED) is 0.731. The van der Waals surface area contributed by atoms with Crippen LogP contribution in [0.3, 0.4) is 0 Å². The fourth-order valence-electron chi connectivity index (χ4n) is 2.42. The summed E-state index contributed by atoms with van der Waals surface area (Å²) in [6.07, 6.45) is 1.91. The lowest BCUT2D eigenvalue weighted by molar-refractivity contribution is 0.476. The summed E-state index contributed by atoms with van der Waals surface area (Å²) in [6, 6.07) is 3.31. The summed E-state index contributed by atoms with van der Waals surface area (Å²) < 4.78 is 1.55. The maximum Gasteiger partial charge on any atom is 0.185 e. The van der Waals surface area contributed by atoms with Gasteiger partial charge in [-0.3, -0.25) is 0 Å². The summed E-state index contributed by atoms with van der Waals surface area (Å²) >= 11 is 12.0. The van der Waals surface area contributed by atoms with E-state index in [4.69, 9.17) is 23.2 Å². The molecular formula is C16H16Cl2N4O. The molecule has 1 N–H and O–H groups in total. The van der Waals surface area contributed by atoms with Crippen LogP contribution >= 0.6 is 23.2 Å². The fraction of sp³-hybridized carbons (Fsp3) is 0.312. The van der Waals surface area contributed by atoms with Gasteiger partial charge in [0.2, 0.25) is 0 Å². The number of benzene rings is 1. The van der Waals surface area contributed by atoms with Gasteiger partial charge in [-0.05, 0) is 30.7 Å². The van der Waals surface area contributed by atoms with Crippen molar-refractivity contribution in [3.63, 3.8) is 0 Å². The summed E-state index contributed by atoms with van der Waals surface area (Å²) in [5.41, 5.74) is 2.16. The zero-order valence-corrected chi connectivity index (χ0v) is 14.7. The summed E-state index contributed by atoms with van der Waals surface area (Å²) in [6.45, 7) is 8.06. The average molecular weight is 351 g/mol. The van der Waals surface area contributed by atoms with Gasteiger partial charge in [-0.15, -0.1) is 9.73 Å². The third-order valence-corrected chi connectivity index (χ3v) is 4.02. The number of hydrogen-bond donors (Lipinski definition) is 1. The van der Waals surface area contributed by atoms with Crippen molar-refractivity contribution in [1.82, 2.24) is 19.8 Å². The zero-order valence-electron chi connectivity index (χ0n) is 13.2. The Kier molecular flexibility index (Phi) is 3.73. The second-order valence-electron chi connectivity index (χ2n) is 6.46. The second-order valence-corrected chi connectivity index (χ2v) is 7.28. The largest absolute Gasteiger partial charge is 0.505 e. The van der Waals surface area contributed by atoms with Crippen molar-refractivity contribution in [1.29, 1.82) is 0 Å². The molecular weight excluding hydrogens is 335 g/mol. The summed E-state index contributed by atoms with van der Waals surface area (Å²) in [4.78, 5) is 4.45. The molecule has 0 saturated heterocycles. The van der Waals surface area contributed by atoms with Crippen LogP contribution in [-0.2, 0) is 5.41 Å². The predicted molar refractivity (Wildman–Crippen MR) is 91.1 cm³/mol. The first-order valence-electron chi connectivity index (χ1n) is 7.10. The van der Waals surface area contributed by atoms with Gasteiger partial charge in [-0.25, -0.2) is 4.98 Å². The van der Waals surface area contributed by atoms with Crippen molar-refractivity contribution in [2.75, 3.05) is 0 Å². The van der Waals surface area contributed by atoms with Gasteiger partial charge < -0.3 is 5.11 Å². The van der Waals surface area contributed by atoms with Crippen LogP contribution in [0.4, 0.5) is 0 Å². The highest BCUT2D eigenvalue weighted by Crippen LogP contribution is 2.33. The Bertz CT molecular complexity index is 934. The van der Waals surface area contributed by atoms with Crippen molar-refractivity contribution in [3.05, 3.63) is 44.5 Å². The van der Waals surface area contributed by atoms with Gasteiger partial charge >= 0.3 is 0 Å². The van der Waals surface area contributed by atoms with E-state index in [-0.39, 0.29) is 21.2 Å². The molecule has 0 radical (unpaired) electrons. The number of aromatic nitrogens is 4. The number of hydrogen-bond acceptors (Lipinski definition) is 4. The molecule has 0 saturated carbocycles. The van der Waals surface area contributed by atoms with E-state index in [1.807, 2.05) is 13.0 Å². The number of phenolic OH excluding ortho intramolecular Hbond substituents is 1. The lowest BCUT2D eigenvalue weighted by Crippen LogP contribution is -2.22. The monoisotopic (exact) mass is 350 g/mol. The van der Waals surface area contributed by atoms with E-state index in [2.05, 4.69) is 36.0 Å². The van der Waals surface area contributed by atoms with Gasteiger partial charge in [-0.1, -0.05) is 44.0 Å². The van der Waals surface area contributed by atoms with Crippen molar-refractivity contribution >= 4 is 34.9 Å². The van der Waals surface area contributed by atoms with Gasteiger partial charge in [0.25, 0.3) is 0 Å². The minimum Gasteiger partial charge on any atom is -0.505 e. The van der Waals surface area contributed by atoms with Crippen molar-refractivity contribution < 1.29 is 5.11 Å². The van der Waals surface area contributed by atoms with E-state index in [0.717, 1.165) is 16.5 Å². The Morgan fingerprint density at radius 1 is 1.13 bits per heavy atom. The van der Waals surface area contributed by atoms with Crippen LogP contribution in [0.25, 0.3) is 11.7 Å². The van der Waals surface area contributed by atoms with E-state index in [9.17, 15) is 5.11 Å². The van der Waals surface area contributed by atoms with Gasteiger partial charge in [0.05, 0.1) is 15.7 Å². The summed E-state index contributed by atoms with van der Waals surface area (Å²) in [7, 11) is 0. The Balaban J connectivity index is 2.33. The second kappa shape index (κ2) is 5.35. The number of phenols is 1. The number of fused-ring (bicyclic) bond motifs is 1. The third kappa shape index (κ3) is 2.86. The molecule has 3 rings (SSSR count). The van der Waals surface area contributed by atoms with E-state index >= 15 is 0 Å². The number of aryl methyl sites for hydroxylation is 1. The molecule has 0 unspecified atom stereocenters. The molecule has 23 heavy (non-hydrogen) atoms. The lowest BCUT2D eigenvalue weighted by atomic mass is 9.91. The highest BCUT2D eigenvalue weighted by atomic mass is 35.5. The van der Waals surface area contributed by atoms with Gasteiger partial charge in [0.1, 0.15) is 5.82 Å². The van der Waals surface area contributed by atoms with Crippen LogP contribution < -0.4 is 5.22 Å². The molecule has 120 valence electrons. The standard InChI is InChI=1S/C16H16Cl2N4O/c1-8-19-15-10(14(16(2,3)4)21-22(15)20-8)5-9-6-11(17)13(23)12(18)7-9/h5-7,23H,1-4H3. The van der Waals surface area contributed by atoms with E-state index < -0.39 is 0 Å². The number of halogens is 2. The first-order valence-corrected chi connectivity index (χ1v) is 7.86. The van der Waals surface area contributed by atoms with Crippen LogP contribution in [0.5, 0.6) is 5.75 Å². The zero-order chi connectivity index (χ0) is 16.9. The molecule has 0 atom stereocenters. The number of aromatic hydroxyl groups is 1. The molecule has 0 aliphatic heterocycles. The predicted octanol–water partition coefficient (Wildman–Crippen LogP) is 3.29. The smallest absolute Gasteiger partial charge is 0.185 e. The van der Waals surface area contributed by atoms with Gasteiger partial charge in [0, 0.05) is 10.6 Å². The minimum atomic E-state index is -0.174. The molecule has 0 fully saturated rings. The number of nitrogens with zero attached hydrogens (tertiary/aromatic N) is 4. The lowest BCUT2D eigenvalue weighted by Gasteiger charge is -2.14. The van der Waals surface area contributed by atoms with Crippen LogP contribution in [0.15, 0.2) is 12.1 Å². The Morgan fingerprint density at radius 2 is 1.74 bits per heavy atom. The Labute approximate surface area is 143 Å². The highest BCUT2D eigenvalue weighted by molar-refractivity contribution is 6.37. The Morgan fingerprint density at radius 3 is 2.30 bits per heavy atom. The Hall–Kier alpha value is -1.85. The van der Waals surface area contributed by atoms with Crippen LogP contribution in [0.1, 0.15) is 37.9 Å². The summed E-state index contributed by atoms with van der Waals surface area (Å²) in [5.74, 6) is 0.537. The first-order chi connectivity index (χ1) is 10.7. The first kappa shape index (κ1) is 16.0. The van der Waals surface area contributed by atoms with Gasteiger partial charge in [0.15, 0.2) is 11.4 Å². The molecule has 2 heterocycles. The average Bonchev–Trinajstić information content (AvgIpc) is 2.93. The SMILES string of the molecule is Cc1nc2c(=Cc3cc(Cl)c(O)c(Cl)c3)c(C(C)(C)C)nn2n1. The van der Waals surface area contributed by atoms with Crippen molar-refractivity contribution in [2.24, 2.45) is 0 Å². The van der Waals surface area contributed by atoms with Gasteiger partial charge in [-0.2, -0.15) is 5.10 Å². The number of rotatable bonds is 1. The fourth-order valence-corrected chi connectivity index (χ4v) is 2.92. The maximum absolute atomic E-state index is 9.70. The third-order valence-electron chi connectivity index (χ3n) is 3.45. The molecule has 7 heteroatoms. The molecule has 3 aromatic rings. The molecule has 5 nitrogen and oxygen atoms in total. The molecule has 0 aliphatic carbocycles. The summed E-state index contributed by atoms with van der Waals surface area (Å²) in [5, 5.41) is 19.8.